The number of anilines is 1. The van der Waals surface area contributed by atoms with E-state index < -0.39 is 12.1 Å². The van der Waals surface area contributed by atoms with Gasteiger partial charge < -0.3 is 15.5 Å². The van der Waals surface area contributed by atoms with Gasteiger partial charge in [-0.25, -0.2) is 4.79 Å². The van der Waals surface area contributed by atoms with Gasteiger partial charge in [0, 0.05) is 11.3 Å². The third-order valence-corrected chi connectivity index (χ3v) is 4.91. The largest absolute Gasteiger partial charge is 0.360 e. The number of rotatable bonds is 4. The number of hydrogen-bond acceptors (Lipinski definition) is 3. The summed E-state index contributed by atoms with van der Waals surface area (Å²) in [6.45, 7) is 5.43. The Morgan fingerprint density at radius 2 is 1.65 bits per heavy atom. The molecular weight excluding hydrogens is 328 g/mol. The topological polar surface area (TPSA) is 79.9 Å². The number of quaternary nitrogens is 1. The fourth-order valence-corrected chi connectivity index (χ4v) is 3.65. The average molecular weight is 353 g/mol. The standard InChI is InChI=1S/C20H24N4O2/c1-15-7-5-6-10-17(15)23-11-13-24(14-12-23)18(19(25)22-20(21)26)16-8-3-2-4-9-16/h2-10,18H,11-14H2,1H3,(H3,21,22,25,26)/p+1/t18-/m0/s1. The van der Waals surface area contributed by atoms with Crippen molar-refractivity contribution >= 4 is 17.6 Å². The highest BCUT2D eigenvalue weighted by molar-refractivity contribution is 5.96. The van der Waals surface area contributed by atoms with Crippen LogP contribution in [0.5, 0.6) is 0 Å². The Morgan fingerprint density at radius 1 is 1.04 bits per heavy atom. The molecule has 3 rings (SSSR count). The molecule has 2 aromatic carbocycles. The van der Waals surface area contributed by atoms with Crippen LogP contribution in [-0.2, 0) is 4.79 Å². The van der Waals surface area contributed by atoms with Crippen LogP contribution < -0.4 is 20.9 Å². The zero-order valence-electron chi connectivity index (χ0n) is 14.9. The molecule has 2 aromatic rings. The van der Waals surface area contributed by atoms with E-state index in [1.54, 1.807) is 0 Å². The van der Waals surface area contributed by atoms with Gasteiger partial charge in [0.1, 0.15) is 0 Å². The molecule has 0 aromatic heterocycles. The Labute approximate surface area is 153 Å². The summed E-state index contributed by atoms with van der Waals surface area (Å²) in [5, 5.41) is 2.26. The van der Waals surface area contributed by atoms with Gasteiger partial charge in [-0.05, 0) is 18.6 Å². The van der Waals surface area contributed by atoms with Crippen LogP contribution in [0.4, 0.5) is 10.5 Å². The Balaban J connectivity index is 1.76. The minimum atomic E-state index is -0.811. The number of nitrogens with zero attached hydrogens (tertiary/aromatic N) is 1. The molecule has 1 aliphatic rings. The van der Waals surface area contributed by atoms with E-state index in [1.165, 1.54) is 11.3 Å². The first-order chi connectivity index (χ1) is 12.6. The highest BCUT2D eigenvalue weighted by Gasteiger charge is 2.34. The lowest BCUT2D eigenvalue weighted by Gasteiger charge is -2.37. The van der Waals surface area contributed by atoms with Crippen LogP contribution in [0.25, 0.3) is 0 Å². The van der Waals surface area contributed by atoms with Crippen molar-refractivity contribution in [3.8, 4) is 0 Å². The lowest BCUT2D eigenvalue weighted by molar-refractivity contribution is -0.922. The number of benzene rings is 2. The highest BCUT2D eigenvalue weighted by atomic mass is 16.2. The highest BCUT2D eigenvalue weighted by Crippen LogP contribution is 2.19. The van der Waals surface area contributed by atoms with Crippen molar-refractivity contribution < 1.29 is 14.5 Å². The lowest BCUT2D eigenvalue weighted by Crippen LogP contribution is -3.16. The van der Waals surface area contributed by atoms with Crippen molar-refractivity contribution in [1.29, 1.82) is 0 Å². The van der Waals surface area contributed by atoms with E-state index >= 15 is 0 Å². The molecule has 0 saturated carbocycles. The van der Waals surface area contributed by atoms with Gasteiger partial charge in [-0.15, -0.1) is 0 Å². The number of hydrogen-bond donors (Lipinski definition) is 3. The summed E-state index contributed by atoms with van der Waals surface area (Å²) in [4.78, 5) is 27.3. The number of nitrogens with one attached hydrogen (secondary N) is 2. The molecular formula is C20H25N4O2+. The maximum Gasteiger partial charge on any atom is 0.319 e. The second-order valence-electron chi connectivity index (χ2n) is 6.63. The molecule has 1 fully saturated rings. The molecule has 0 aliphatic carbocycles. The molecule has 3 amide bonds. The van der Waals surface area contributed by atoms with Crippen LogP contribution in [0.2, 0.25) is 0 Å². The van der Waals surface area contributed by atoms with Crippen LogP contribution >= 0.6 is 0 Å². The van der Waals surface area contributed by atoms with Crippen LogP contribution in [0.3, 0.4) is 0 Å². The second kappa shape index (κ2) is 8.01. The third kappa shape index (κ3) is 4.03. The molecule has 0 spiro atoms. The maximum atomic E-state index is 12.6. The summed E-state index contributed by atoms with van der Waals surface area (Å²) < 4.78 is 0. The number of primary amides is 1. The lowest BCUT2D eigenvalue weighted by atomic mass is 10.0. The number of para-hydroxylation sites is 1. The van der Waals surface area contributed by atoms with Crippen molar-refractivity contribution in [3.63, 3.8) is 0 Å². The Morgan fingerprint density at radius 3 is 2.27 bits per heavy atom. The van der Waals surface area contributed by atoms with Gasteiger partial charge in [-0.1, -0.05) is 48.5 Å². The number of imide groups is 1. The molecule has 26 heavy (non-hydrogen) atoms. The molecule has 6 nitrogen and oxygen atoms in total. The van der Waals surface area contributed by atoms with Gasteiger partial charge in [-0.2, -0.15) is 0 Å². The van der Waals surface area contributed by atoms with Gasteiger partial charge in [0.05, 0.1) is 26.2 Å². The summed E-state index contributed by atoms with van der Waals surface area (Å²) in [6, 6.07) is 16.7. The number of aryl methyl sites for hydroxylation is 1. The minimum absolute atomic E-state index is 0.344. The summed E-state index contributed by atoms with van der Waals surface area (Å²) in [5.74, 6) is -0.344. The van der Waals surface area contributed by atoms with Crippen molar-refractivity contribution in [1.82, 2.24) is 5.32 Å². The first-order valence-electron chi connectivity index (χ1n) is 8.86. The van der Waals surface area contributed by atoms with E-state index in [1.807, 2.05) is 36.4 Å². The van der Waals surface area contributed by atoms with E-state index in [0.29, 0.717) is 0 Å². The van der Waals surface area contributed by atoms with Gasteiger partial charge in [0.25, 0.3) is 5.91 Å². The fraction of sp³-hybridized carbons (Fsp3) is 0.300. The Kier molecular flexibility index (Phi) is 5.53. The molecule has 4 N–H and O–H groups in total. The molecule has 1 aliphatic heterocycles. The quantitative estimate of drug-likeness (QED) is 0.755. The molecule has 0 unspecified atom stereocenters. The third-order valence-electron chi connectivity index (χ3n) is 4.91. The van der Waals surface area contributed by atoms with E-state index in [0.717, 1.165) is 36.6 Å². The molecule has 0 radical (unpaired) electrons. The van der Waals surface area contributed by atoms with Gasteiger partial charge in [0.15, 0.2) is 6.04 Å². The summed E-state index contributed by atoms with van der Waals surface area (Å²) in [5.41, 5.74) is 8.55. The van der Waals surface area contributed by atoms with E-state index in [2.05, 4.69) is 35.3 Å². The first-order valence-corrected chi connectivity index (χ1v) is 8.86. The predicted molar refractivity (Wildman–Crippen MR) is 101 cm³/mol. The molecule has 1 atom stereocenters. The number of piperazine rings is 1. The molecule has 136 valence electrons. The van der Waals surface area contributed by atoms with Crippen LogP contribution in [0.1, 0.15) is 17.2 Å². The Hall–Kier alpha value is -2.86. The first kappa shape index (κ1) is 17.9. The molecule has 1 heterocycles. The zero-order valence-corrected chi connectivity index (χ0v) is 14.9. The normalized spacial score (nSPS) is 16.1. The number of carbonyl (C=O) groups is 2. The van der Waals surface area contributed by atoms with Crippen LogP contribution in [0, 0.1) is 6.92 Å². The number of urea groups is 1. The maximum absolute atomic E-state index is 12.6. The van der Waals surface area contributed by atoms with Crippen molar-refractivity contribution in [2.24, 2.45) is 5.73 Å². The summed E-state index contributed by atoms with van der Waals surface area (Å²) >= 11 is 0. The fourth-order valence-electron chi connectivity index (χ4n) is 3.65. The number of amides is 3. The van der Waals surface area contributed by atoms with Crippen LogP contribution in [-0.4, -0.2) is 38.1 Å². The predicted octanol–water partition coefficient (Wildman–Crippen LogP) is 0.636. The Bertz CT molecular complexity index is 770. The van der Waals surface area contributed by atoms with Crippen molar-refractivity contribution in [2.45, 2.75) is 13.0 Å². The van der Waals surface area contributed by atoms with Crippen molar-refractivity contribution in [2.75, 3.05) is 31.1 Å². The van der Waals surface area contributed by atoms with E-state index in [4.69, 9.17) is 5.73 Å². The molecule has 0 bridgehead atoms. The van der Waals surface area contributed by atoms with Gasteiger partial charge >= 0.3 is 6.03 Å². The second-order valence-corrected chi connectivity index (χ2v) is 6.63. The van der Waals surface area contributed by atoms with E-state index in [-0.39, 0.29) is 5.91 Å². The monoisotopic (exact) mass is 353 g/mol. The van der Waals surface area contributed by atoms with Crippen LogP contribution in [0.15, 0.2) is 54.6 Å². The number of carbonyl (C=O) groups excluding carboxylic acids is 2. The van der Waals surface area contributed by atoms with Gasteiger partial charge in [-0.3, -0.25) is 10.1 Å². The average Bonchev–Trinajstić information content (AvgIpc) is 2.63. The van der Waals surface area contributed by atoms with E-state index in [9.17, 15) is 9.59 Å². The minimum Gasteiger partial charge on any atom is -0.360 e. The van der Waals surface area contributed by atoms with Crippen molar-refractivity contribution in [3.05, 3.63) is 65.7 Å². The molecule has 1 saturated heterocycles. The SMILES string of the molecule is Cc1ccccc1N1CC[NH+]([C@H](C(=O)NC(N)=O)c2ccccc2)CC1. The smallest absolute Gasteiger partial charge is 0.319 e. The number of nitrogens with two attached hydrogens (primary N) is 1. The van der Waals surface area contributed by atoms with Gasteiger partial charge in [0.2, 0.25) is 0 Å². The zero-order chi connectivity index (χ0) is 18.5. The summed E-state index contributed by atoms with van der Waals surface area (Å²) in [7, 11) is 0. The molecule has 6 heteroatoms. The summed E-state index contributed by atoms with van der Waals surface area (Å²) in [6.07, 6.45) is 0.